The zero-order valence-electron chi connectivity index (χ0n) is 7.35. The Hall–Kier alpha value is 0.1000. The summed E-state index contributed by atoms with van der Waals surface area (Å²) in [6, 6.07) is 6.36. The first-order valence-electron chi connectivity index (χ1n) is 4.09. The van der Waals surface area contributed by atoms with Gasteiger partial charge in [0.15, 0.2) is 0 Å². The number of hydrazine groups is 1. The van der Waals surface area contributed by atoms with Gasteiger partial charge in [-0.25, -0.2) is 0 Å². The minimum absolute atomic E-state index is 0.216. The van der Waals surface area contributed by atoms with Crippen molar-refractivity contribution in [3.05, 3.63) is 32.7 Å². The summed E-state index contributed by atoms with van der Waals surface area (Å²) in [5, 5.41) is 0. The molecule has 0 fully saturated rings. The average molecular weight is 308 g/mol. The summed E-state index contributed by atoms with van der Waals surface area (Å²) in [5.74, 6) is 5.43. The van der Waals surface area contributed by atoms with E-state index >= 15 is 0 Å². The molecule has 1 aromatic carbocycles. The molecule has 0 aromatic heterocycles. The highest BCUT2D eigenvalue weighted by molar-refractivity contribution is 9.11. The Kier molecular flexibility index (Phi) is 4.38. The van der Waals surface area contributed by atoms with E-state index in [-0.39, 0.29) is 6.04 Å². The molecule has 0 aliphatic carbocycles. The van der Waals surface area contributed by atoms with Crippen molar-refractivity contribution in [2.45, 2.75) is 19.4 Å². The maximum Gasteiger partial charge on any atom is 0.0458 e. The number of hydrogen-bond acceptors (Lipinski definition) is 2. The van der Waals surface area contributed by atoms with Crippen molar-refractivity contribution in [2.24, 2.45) is 5.84 Å². The van der Waals surface area contributed by atoms with Crippen molar-refractivity contribution in [1.82, 2.24) is 5.43 Å². The second kappa shape index (κ2) is 5.10. The lowest BCUT2D eigenvalue weighted by atomic mass is 10.1. The van der Waals surface area contributed by atoms with Crippen LogP contribution < -0.4 is 11.3 Å². The zero-order valence-corrected chi connectivity index (χ0v) is 10.5. The van der Waals surface area contributed by atoms with E-state index in [4.69, 9.17) is 5.84 Å². The van der Waals surface area contributed by atoms with Gasteiger partial charge in [0, 0.05) is 15.0 Å². The summed E-state index contributed by atoms with van der Waals surface area (Å²) < 4.78 is 2.12. The van der Waals surface area contributed by atoms with Crippen LogP contribution >= 0.6 is 31.9 Å². The Bertz CT molecular complexity index is 265. The Balaban J connectivity index is 2.99. The minimum Gasteiger partial charge on any atom is -0.271 e. The molecule has 1 unspecified atom stereocenters. The Morgan fingerprint density at radius 1 is 1.31 bits per heavy atom. The average Bonchev–Trinajstić information content (AvgIpc) is 2.04. The van der Waals surface area contributed by atoms with Crippen molar-refractivity contribution in [2.75, 3.05) is 0 Å². The molecule has 1 rings (SSSR count). The van der Waals surface area contributed by atoms with E-state index < -0.39 is 0 Å². The molecule has 0 bridgehead atoms. The summed E-state index contributed by atoms with van der Waals surface area (Å²) in [5.41, 5.74) is 3.97. The van der Waals surface area contributed by atoms with Gasteiger partial charge in [-0.3, -0.25) is 11.3 Å². The third kappa shape index (κ3) is 3.06. The molecule has 72 valence electrons. The van der Waals surface area contributed by atoms with E-state index in [2.05, 4.69) is 56.3 Å². The lowest BCUT2D eigenvalue weighted by Gasteiger charge is -2.14. The van der Waals surface area contributed by atoms with E-state index in [0.29, 0.717) is 0 Å². The van der Waals surface area contributed by atoms with Gasteiger partial charge in [-0.1, -0.05) is 38.8 Å². The molecular weight excluding hydrogens is 296 g/mol. The third-order valence-corrected chi connectivity index (χ3v) is 2.81. The van der Waals surface area contributed by atoms with Crippen LogP contribution in [0.25, 0.3) is 0 Å². The predicted molar refractivity (Wildman–Crippen MR) is 62.2 cm³/mol. The van der Waals surface area contributed by atoms with E-state index in [1.807, 2.05) is 6.07 Å². The van der Waals surface area contributed by atoms with Crippen LogP contribution in [0.1, 0.15) is 24.9 Å². The molecule has 0 radical (unpaired) electrons. The van der Waals surface area contributed by atoms with Gasteiger partial charge in [0.1, 0.15) is 0 Å². The number of nitrogens with two attached hydrogens (primary N) is 1. The normalized spacial score (nSPS) is 12.9. The van der Waals surface area contributed by atoms with Crippen LogP contribution in [-0.4, -0.2) is 0 Å². The molecule has 0 spiro atoms. The second-order valence-electron chi connectivity index (χ2n) is 2.83. The molecule has 0 amide bonds. The molecule has 0 saturated carbocycles. The highest BCUT2D eigenvalue weighted by atomic mass is 79.9. The first-order valence-corrected chi connectivity index (χ1v) is 5.68. The van der Waals surface area contributed by atoms with E-state index in [0.717, 1.165) is 15.4 Å². The van der Waals surface area contributed by atoms with Gasteiger partial charge < -0.3 is 0 Å². The maximum absolute atomic E-state index is 5.43. The first-order chi connectivity index (χ1) is 6.17. The van der Waals surface area contributed by atoms with E-state index in [1.165, 1.54) is 5.56 Å². The van der Waals surface area contributed by atoms with Crippen LogP contribution in [0.4, 0.5) is 0 Å². The molecule has 0 aliphatic rings. The van der Waals surface area contributed by atoms with Crippen LogP contribution in [0.5, 0.6) is 0 Å². The SMILES string of the molecule is CCC(NN)c1cc(Br)cc(Br)c1. The molecule has 4 heteroatoms. The van der Waals surface area contributed by atoms with Gasteiger partial charge in [-0.2, -0.15) is 0 Å². The van der Waals surface area contributed by atoms with Gasteiger partial charge in [-0.15, -0.1) is 0 Å². The quantitative estimate of drug-likeness (QED) is 0.665. The van der Waals surface area contributed by atoms with Crippen LogP contribution in [0.3, 0.4) is 0 Å². The fourth-order valence-corrected chi connectivity index (χ4v) is 2.56. The Morgan fingerprint density at radius 2 is 1.85 bits per heavy atom. The highest BCUT2D eigenvalue weighted by Crippen LogP contribution is 2.25. The van der Waals surface area contributed by atoms with Crippen LogP contribution in [0.2, 0.25) is 0 Å². The molecule has 0 heterocycles. The van der Waals surface area contributed by atoms with Gasteiger partial charge in [0.25, 0.3) is 0 Å². The van der Waals surface area contributed by atoms with Crippen LogP contribution in [-0.2, 0) is 0 Å². The highest BCUT2D eigenvalue weighted by Gasteiger charge is 2.07. The lowest BCUT2D eigenvalue weighted by Crippen LogP contribution is -2.27. The molecular formula is C9H12Br2N2. The van der Waals surface area contributed by atoms with Crippen molar-refractivity contribution in [1.29, 1.82) is 0 Å². The molecule has 3 N–H and O–H groups in total. The second-order valence-corrected chi connectivity index (χ2v) is 4.66. The number of rotatable bonds is 3. The standard InChI is InChI=1S/C9H12Br2N2/c1-2-9(13-12)6-3-7(10)5-8(11)4-6/h3-5,9,13H,2,12H2,1H3. The van der Waals surface area contributed by atoms with Crippen LogP contribution in [0, 0.1) is 0 Å². The van der Waals surface area contributed by atoms with Gasteiger partial charge in [0.2, 0.25) is 0 Å². The predicted octanol–water partition coefficient (Wildman–Crippen LogP) is 3.13. The summed E-state index contributed by atoms with van der Waals surface area (Å²) in [4.78, 5) is 0. The van der Waals surface area contributed by atoms with Crippen molar-refractivity contribution in [3.8, 4) is 0 Å². The van der Waals surface area contributed by atoms with Gasteiger partial charge in [0.05, 0.1) is 0 Å². The Labute approximate surface area is 95.1 Å². The maximum atomic E-state index is 5.43. The molecule has 13 heavy (non-hydrogen) atoms. The first kappa shape index (κ1) is 11.2. The van der Waals surface area contributed by atoms with E-state index in [9.17, 15) is 0 Å². The van der Waals surface area contributed by atoms with Gasteiger partial charge in [-0.05, 0) is 30.2 Å². The largest absolute Gasteiger partial charge is 0.271 e. The fraction of sp³-hybridized carbons (Fsp3) is 0.333. The minimum atomic E-state index is 0.216. The lowest BCUT2D eigenvalue weighted by molar-refractivity contribution is 0.538. The number of nitrogens with one attached hydrogen (secondary N) is 1. The Morgan fingerprint density at radius 3 is 2.23 bits per heavy atom. The molecule has 0 aliphatic heterocycles. The molecule has 0 saturated heterocycles. The zero-order chi connectivity index (χ0) is 9.84. The van der Waals surface area contributed by atoms with Gasteiger partial charge >= 0.3 is 0 Å². The summed E-state index contributed by atoms with van der Waals surface area (Å²) in [6.45, 7) is 2.10. The molecule has 1 atom stereocenters. The van der Waals surface area contributed by atoms with E-state index in [1.54, 1.807) is 0 Å². The summed E-state index contributed by atoms with van der Waals surface area (Å²) >= 11 is 6.88. The van der Waals surface area contributed by atoms with Crippen LogP contribution in [0.15, 0.2) is 27.1 Å². The molecule has 1 aromatic rings. The van der Waals surface area contributed by atoms with Crippen molar-refractivity contribution in [3.63, 3.8) is 0 Å². The number of hydrogen-bond donors (Lipinski definition) is 2. The number of halogens is 2. The number of benzene rings is 1. The third-order valence-electron chi connectivity index (χ3n) is 1.90. The monoisotopic (exact) mass is 306 g/mol. The smallest absolute Gasteiger partial charge is 0.0458 e. The summed E-state index contributed by atoms with van der Waals surface area (Å²) in [7, 11) is 0. The summed E-state index contributed by atoms with van der Waals surface area (Å²) in [6.07, 6.45) is 0.972. The topological polar surface area (TPSA) is 38.0 Å². The van der Waals surface area contributed by atoms with Crippen molar-refractivity contribution < 1.29 is 0 Å². The fourth-order valence-electron chi connectivity index (χ4n) is 1.23. The molecule has 2 nitrogen and oxygen atoms in total. The van der Waals surface area contributed by atoms with Crippen molar-refractivity contribution >= 4 is 31.9 Å².